The molecule has 0 aliphatic heterocycles. The van der Waals surface area contributed by atoms with Crippen LogP contribution in [0, 0.1) is 0 Å². The maximum absolute atomic E-state index is 10.8. The first-order valence-corrected chi connectivity index (χ1v) is 4.36. The van der Waals surface area contributed by atoms with Crippen molar-refractivity contribution in [3.8, 4) is 5.88 Å². The summed E-state index contributed by atoms with van der Waals surface area (Å²) in [7, 11) is 1.54. The molecule has 0 unspecified atom stereocenters. The summed E-state index contributed by atoms with van der Waals surface area (Å²) in [6.45, 7) is 1.43. The van der Waals surface area contributed by atoms with E-state index in [1.165, 1.54) is 14.0 Å². The van der Waals surface area contributed by atoms with Crippen molar-refractivity contribution in [3.63, 3.8) is 0 Å². The molecule has 0 saturated carbocycles. The first-order valence-electron chi connectivity index (χ1n) is 4.36. The Labute approximate surface area is 85.6 Å². The molecule has 6 nitrogen and oxygen atoms in total. The number of amides is 1. The predicted octanol–water partition coefficient (Wildman–Crippen LogP) is 0.925. The minimum atomic E-state index is -0.159. The van der Waals surface area contributed by atoms with Crippen molar-refractivity contribution in [2.75, 3.05) is 12.4 Å². The van der Waals surface area contributed by atoms with E-state index in [4.69, 9.17) is 4.74 Å². The average molecular weight is 206 g/mol. The Morgan fingerprint density at radius 3 is 3.07 bits per heavy atom. The molecule has 0 fully saturated rings. The molecule has 2 rings (SSSR count). The summed E-state index contributed by atoms with van der Waals surface area (Å²) < 4.78 is 5.02. The van der Waals surface area contributed by atoms with Crippen LogP contribution < -0.4 is 10.1 Å². The van der Waals surface area contributed by atoms with Crippen molar-refractivity contribution in [3.05, 3.63) is 12.3 Å². The molecule has 0 radical (unpaired) electrons. The molecule has 0 saturated heterocycles. The van der Waals surface area contributed by atoms with Crippen LogP contribution in [0.2, 0.25) is 0 Å². The Balaban J connectivity index is 2.44. The third-order valence-corrected chi connectivity index (χ3v) is 1.91. The van der Waals surface area contributed by atoms with E-state index in [2.05, 4.69) is 20.5 Å². The van der Waals surface area contributed by atoms with Gasteiger partial charge in [-0.25, -0.2) is 4.98 Å². The van der Waals surface area contributed by atoms with Crippen LogP contribution in [-0.4, -0.2) is 28.2 Å². The molecule has 0 aromatic carbocycles. The van der Waals surface area contributed by atoms with Crippen LogP contribution in [0.5, 0.6) is 5.88 Å². The van der Waals surface area contributed by atoms with Gasteiger partial charge in [-0.1, -0.05) is 0 Å². The lowest BCUT2D eigenvalue weighted by molar-refractivity contribution is -0.114. The maximum atomic E-state index is 10.8. The van der Waals surface area contributed by atoms with Gasteiger partial charge in [0.1, 0.15) is 5.82 Å². The monoisotopic (exact) mass is 206 g/mol. The highest BCUT2D eigenvalue weighted by atomic mass is 16.5. The molecular weight excluding hydrogens is 196 g/mol. The molecule has 0 atom stereocenters. The standard InChI is InChI=1S/C9H10N4O2/c1-5(14)11-8-3-7-6(4-10-8)9(15-2)13-12-7/h3-4H,1-2H3,(H,12,13)(H,10,11,14). The molecule has 2 heterocycles. The SMILES string of the molecule is COc1n[nH]c2cc(NC(C)=O)ncc12. The number of ether oxygens (including phenoxy) is 1. The smallest absolute Gasteiger partial charge is 0.241 e. The number of carbonyl (C=O) groups excluding carboxylic acids is 1. The Morgan fingerprint density at radius 2 is 2.40 bits per heavy atom. The number of pyridine rings is 1. The minimum absolute atomic E-state index is 0.159. The van der Waals surface area contributed by atoms with Crippen LogP contribution in [0.3, 0.4) is 0 Å². The average Bonchev–Trinajstić information content (AvgIpc) is 2.58. The number of nitrogens with zero attached hydrogens (tertiary/aromatic N) is 2. The lowest BCUT2D eigenvalue weighted by atomic mass is 10.3. The molecule has 0 aliphatic rings. The number of carbonyl (C=O) groups is 1. The van der Waals surface area contributed by atoms with Gasteiger partial charge in [0.15, 0.2) is 0 Å². The number of rotatable bonds is 2. The lowest BCUT2D eigenvalue weighted by Crippen LogP contribution is -2.06. The van der Waals surface area contributed by atoms with E-state index in [1.807, 2.05) is 0 Å². The number of fused-ring (bicyclic) bond motifs is 1. The quantitative estimate of drug-likeness (QED) is 0.765. The van der Waals surface area contributed by atoms with Gasteiger partial charge >= 0.3 is 0 Å². The molecule has 78 valence electrons. The number of methoxy groups -OCH3 is 1. The highest BCUT2D eigenvalue weighted by Gasteiger charge is 2.07. The van der Waals surface area contributed by atoms with Crippen LogP contribution in [0.4, 0.5) is 5.82 Å². The van der Waals surface area contributed by atoms with Gasteiger partial charge in [0.2, 0.25) is 11.8 Å². The second kappa shape index (κ2) is 3.56. The molecule has 6 heteroatoms. The largest absolute Gasteiger partial charge is 0.479 e. The summed E-state index contributed by atoms with van der Waals surface area (Å²) in [5.74, 6) is 0.821. The zero-order chi connectivity index (χ0) is 10.8. The summed E-state index contributed by atoms with van der Waals surface area (Å²) in [6.07, 6.45) is 1.60. The van der Waals surface area contributed by atoms with E-state index < -0.39 is 0 Å². The molecule has 0 bridgehead atoms. The summed E-state index contributed by atoms with van der Waals surface area (Å²) in [5.41, 5.74) is 0.769. The Kier molecular flexibility index (Phi) is 2.24. The predicted molar refractivity (Wildman–Crippen MR) is 54.7 cm³/mol. The Hall–Kier alpha value is -2.11. The zero-order valence-corrected chi connectivity index (χ0v) is 8.37. The first kappa shape index (κ1) is 9.45. The normalized spacial score (nSPS) is 10.3. The van der Waals surface area contributed by atoms with Crippen molar-refractivity contribution in [2.24, 2.45) is 0 Å². The van der Waals surface area contributed by atoms with Gasteiger partial charge in [-0.15, -0.1) is 5.10 Å². The van der Waals surface area contributed by atoms with Crippen LogP contribution in [0.15, 0.2) is 12.3 Å². The third kappa shape index (κ3) is 1.74. The molecule has 15 heavy (non-hydrogen) atoms. The van der Waals surface area contributed by atoms with Gasteiger partial charge in [0, 0.05) is 19.2 Å². The van der Waals surface area contributed by atoms with Crippen molar-refractivity contribution < 1.29 is 9.53 Å². The number of hydrogen-bond donors (Lipinski definition) is 2. The number of aromatic amines is 1. The topological polar surface area (TPSA) is 79.9 Å². The molecule has 0 spiro atoms. The zero-order valence-electron chi connectivity index (χ0n) is 8.37. The number of H-pyrrole nitrogens is 1. The van der Waals surface area contributed by atoms with E-state index in [0.717, 1.165) is 10.9 Å². The Morgan fingerprint density at radius 1 is 1.60 bits per heavy atom. The fourth-order valence-electron chi connectivity index (χ4n) is 1.29. The van der Waals surface area contributed by atoms with Crippen LogP contribution in [0.25, 0.3) is 10.9 Å². The molecule has 2 N–H and O–H groups in total. The van der Waals surface area contributed by atoms with E-state index in [-0.39, 0.29) is 5.91 Å². The van der Waals surface area contributed by atoms with E-state index in [1.54, 1.807) is 12.3 Å². The van der Waals surface area contributed by atoms with Gasteiger partial charge in [-0.2, -0.15) is 0 Å². The minimum Gasteiger partial charge on any atom is -0.479 e. The number of nitrogens with one attached hydrogen (secondary N) is 2. The fraction of sp³-hybridized carbons (Fsp3) is 0.222. The van der Waals surface area contributed by atoms with Gasteiger partial charge in [0.05, 0.1) is 18.0 Å². The van der Waals surface area contributed by atoms with Crippen molar-refractivity contribution in [2.45, 2.75) is 6.92 Å². The molecule has 1 amide bonds. The van der Waals surface area contributed by atoms with Gasteiger partial charge in [-0.05, 0) is 0 Å². The molecule has 0 aliphatic carbocycles. The van der Waals surface area contributed by atoms with Gasteiger partial charge in [0.25, 0.3) is 0 Å². The van der Waals surface area contributed by atoms with E-state index >= 15 is 0 Å². The lowest BCUT2D eigenvalue weighted by Gasteiger charge is -1.99. The van der Waals surface area contributed by atoms with Crippen molar-refractivity contribution in [1.82, 2.24) is 15.2 Å². The highest BCUT2D eigenvalue weighted by molar-refractivity contribution is 5.91. The summed E-state index contributed by atoms with van der Waals surface area (Å²) in [6, 6.07) is 1.70. The van der Waals surface area contributed by atoms with Gasteiger partial charge in [-0.3, -0.25) is 9.89 Å². The van der Waals surface area contributed by atoms with Crippen LogP contribution in [-0.2, 0) is 4.79 Å². The van der Waals surface area contributed by atoms with E-state index in [9.17, 15) is 4.79 Å². The van der Waals surface area contributed by atoms with Crippen LogP contribution >= 0.6 is 0 Å². The van der Waals surface area contributed by atoms with Crippen LogP contribution in [0.1, 0.15) is 6.92 Å². The number of aromatic nitrogens is 3. The molecule has 2 aromatic heterocycles. The van der Waals surface area contributed by atoms with Gasteiger partial charge < -0.3 is 10.1 Å². The number of anilines is 1. The fourth-order valence-corrected chi connectivity index (χ4v) is 1.29. The number of hydrogen-bond acceptors (Lipinski definition) is 4. The van der Waals surface area contributed by atoms with Crippen molar-refractivity contribution in [1.29, 1.82) is 0 Å². The summed E-state index contributed by atoms with van der Waals surface area (Å²) in [4.78, 5) is 14.9. The molecular formula is C9H10N4O2. The second-order valence-electron chi connectivity index (χ2n) is 3.03. The highest BCUT2D eigenvalue weighted by Crippen LogP contribution is 2.22. The summed E-state index contributed by atoms with van der Waals surface area (Å²) >= 11 is 0. The summed E-state index contributed by atoms with van der Waals surface area (Å²) in [5, 5.41) is 10.1. The third-order valence-electron chi connectivity index (χ3n) is 1.91. The maximum Gasteiger partial charge on any atom is 0.241 e. The molecule has 2 aromatic rings. The Bertz CT molecular complexity index is 506. The first-order chi connectivity index (χ1) is 7.20. The van der Waals surface area contributed by atoms with E-state index in [0.29, 0.717) is 11.7 Å². The van der Waals surface area contributed by atoms with Crippen molar-refractivity contribution >= 4 is 22.6 Å². The second-order valence-corrected chi connectivity index (χ2v) is 3.03.